The third kappa shape index (κ3) is 5.70. The molecule has 2 aromatic rings. The molecule has 0 unspecified atom stereocenters. The van der Waals surface area contributed by atoms with Gasteiger partial charge in [-0.05, 0) is 23.1 Å². The van der Waals surface area contributed by atoms with Gasteiger partial charge < -0.3 is 10.4 Å². The molecule has 5 heteroatoms. The number of hydrogen-bond donors (Lipinski definition) is 2. The Labute approximate surface area is 146 Å². The summed E-state index contributed by atoms with van der Waals surface area (Å²) in [6.07, 6.45) is 1.08. The number of carboxylic acid groups (broad SMARTS) is 1. The average molecular weight is 346 g/mol. The molecule has 0 saturated heterocycles. The number of benzene rings is 2. The first-order valence-electron chi connectivity index (χ1n) is 7.78. The summed E-state index contributed by atoms with van der Waals surface area (Å²) < 4.78 is 0. The maximum atomic E-state index is 12.0. The van der Waals surface area contributed by atoms with Crippen LogP contribution in [0.1, 0.15) is 23.1 Å². The first-order chi connectivity index (χ1) is 11.6. The van der Waals surface area contributed by atoms with Gasteiger partial charge in [-0.2, -0.15) is 0 Å². The summed E-state index contributed by atoms with van der Waals surface area (Å²) in [5.74, 6) is -0.834. The molecule has 0 radical (unpaired) electrons. The van der Waals surface area contributed by atoms with Crippen LogP contribution in [0.5, 0.6) is 0 Å². The van der Waals surface area contributed by atoms with Crippen LogP contribution in [-0.4, -0.2) is 23.0 Å². The van der Waals surface area contributed by atoms with Crippen molar-refractivity contribution in [2.45, 2.75) is 31.2 Å². The highest BCUT2D eigenvalue weighted by Gasteiger charge is 2.20. The molecule has 0 aliphatic heterocycles. The van der Waals surface area contributed by atoms with Crippen molar-refractivity contribution in [3.8, 4) is 0 Å². The molecule has 1 amide bonds. The maximum Gasteiger partial charge on any atom is 0.326 e. The van der Waals surface area contributed by atoms with Crippen LogP contribution in [-0.2, 0) is 28.3 Å². The molecule has 2 N–H and O–H groups in total. The molecule has 4 nitrogen and oxygen atoms in total. The van der Waals surface area contributed by atoms with Crippen LogP contribution in [0.2, 0.25) is 0 Å². The molecule has 24 heavy (non-hydrogen) atoms. The van der Waals surface area contributed by atoms with Gasteiger partial charge in [0.25, 0.3) is 0 Å². The fraction of sp³-hybridized carbons (Fsp3) is 0.263. The number of halogens is 1. The minimum absolute atomic E-state index is 0.249. The molecule has 0 aliphatic carbocycles. The molecular weight excluding hydrogens is 326 g/mol. The minimum atomic E-state index is -1.03. The largest absolute Gasteiger partial charge is 0.480 e. The van der Waals surface area contributed by atoms with E-state index in [1.165, 1.54) is 0 Å². The van der Waals surface area contributed by atoms with Crippen molar-refractivity contribution < 1.29 is 14.7 Å². The Morgan fingerprint density at radius 3 is 2.17 bits per heavy atom. The van der Waals surface area contributed by atoms with Crippen molar-refractivity contribution in [1.29, 1.82) is 0 Å². The van der Waals surface area contributed by atoms with Crippen molar-refractivity contribution in [3.63, 3.8) is 0 Å². The van der Waals surface area contributed by atoms with Gasteiger partial charge >= 0.3 is 5.97 Å². The molecule has 0 bridgehead atoms. The molecule has 2 rings (SSSR count). The highest BCUT2D eigenvalue weighted by molar-refractivity contribution is 6.17. The Kier molecular flexibility index (Phi) is 6.82. The summed E-state index contributed by atoms with van der Waals surface area (Å²) in [5.41, 5.74) is 2.93. The molecule has 0 fully saturated rings. The van der Waals surface area contributed by atoms with Gasteiger partial charge in [-0.25, -0.2) is 4.79 Å². The van der Waals surface area contributed by atoms with Crippen LogP contribution in [0.25, 0.3) is 0 Å². The van der Waals surface area contributed by atoms with Gasteiger partial charge in [0.15, 0.2) is 0 Å². The third-order valence-corrected chi connectivity index (χ3v) is 4.04. The Balaban J connectivity index is 1.87. The molecule has 1 atom stereocenters. The molecule has 0 spiro atoms. The van der Waals surface area contributed by atoms with Crippen molar-refractivity contribution in [2.75, 3.05) is 0 Å². The standard InChI is InChI=1S/C19H20ClNO3/c20-13-16-8-6-14(7-9-16)10-11-18(22)21-17(19(23)24)12-15-4-2-1-3-5-15/h1-9,17H,10-13H2,(H,21,22)(H,23,24)/t17-/m0/s1. The van der Waals surface area contributed by atoms with Crippen LogP contribution < -0.4 is 5.32 Å². The molecule has 126 valence electrons. The number of alkyl halides is 1. The van der Waals surface area contributed by atoms with Gasteiger partial charge in [0, 0.05) is 18.7 Å². The van der Waals surface area contributed by atoms with E-state index in [9.17, 15) is 14.7 Å². The molecule has 0 heterocycles. The van der Waals surface area contributed by atoms with Gasteiger partial charge in [-0.15, -0.1) is 11.6 Å². The number of carboxylic acids is 1. The maximum absolute atomic E-state index is 12.0. The SMILES string of the molecule is O=C(CCc1ccc(CCl)cc1)N[C@@H](Cc1ccccc1)C(=O)O. The summed E-state index contributed by atoms with van der Waals surface area (Å²) in [6.45, 7) is 0. The van der Waals surface area contributed by atoms with Gasteiger partial charge in [0.1, 0.15) is 6.04 Å². The quantitative estimate of drug-likeness (QED) is 0.722. The topological polar surface area (TPSA) is 66.4 Å². The number of rotatable bonds is 8. The number of carbonyl (C=O) groups is 2. The lowest BCUT2D eigenvalue weighted by Gasteiger charge is -2.14. The third-order valence-electron chi connectivity index (χ3n) is 3.73. The molecular formula is C19H20ClNO3. The molecule has 0 aromatic heterocycles. The summed E-state index contributed by atoms with van der Waals surface area (Å²) >= 11 is 5.74. The molecule has 2 aromatic carbocycles. The number of aryl methyl sites for hydroxylation is 1. The highest BCUT2D eigenvalue weighted by Crippen LogP contribution is 2.09. The van der Waals surface area contributed by atoms with Crippen LogP contribution in [0, 0.1) is 0 Å². The van der Waals surface area contributed by atoms with Crippen LogP contribution in [0.4, 0.5) is 0 Å². The van der Waals surface area contributed by atoms with E-state index in [1.54, 1.807) is 0 Å². The van der Waals surface area contributed by atoms with Crippen LogP contribution in [0.3, 0.4) is 0 Å². The van der Waals surface area contributed by atoms with E-state index in [1.807, 2.05) is 54.6 Å². The van der Waals surface area contributed by atoms with E-state index in [0.29, 0.717) is 12.3 Å². The smallest absolute Gasteiger partial charge is 0.326 e. The van der Waals surface area contributed by atoms with E-state index in [-0.39, 0.29) is 18.7 Å². The first kappa shape index (κ1) is 18.0. The van der Waals surface area contributed by atoms with Crippen molar-refractivity contribution >= 4 is 23.5 Å². The van der Waals surface area contributed by atoms with Gasteiger partial charge in [-0.3, -0.25) is 4.79 Å². The Morgan fingerprint density at radius 2 is 1.58 bits per heavy atom. The first-order valence-corrected chi connectivity index (χ1v) is 8.32. The van der Waals surface area contributed by atoms with Crippen molar-refractivity contribution in [3.05, 3.63) is 71.3 Å². The van der Waals surface area contributed by atoms with Crippen LogP contribution >= 0.6 is 11.6 Å². The van der Waals surface area contributed by atoms with E-state index < -0.39 is 12.0 Å². The second kappa shape index (κ2) is 9.08. The Morgan fingerprint density at radius 1 is 0.958 bits per heavy atom. The lowest BCUT2D eigenvalue weighted by Crippen LogP contribution is -2.42. The van der Waals surface area contributed by atoms with Gasteiger partial charge in [0.2, 0.25) is 5.91 Å². The van der Waals surface area contributed by atoms with Gasteiger partial charge in [-0.1, -0.05) is 54.6 Å². The van der Waals surface area contributed by atoms with E-state index >= 15 is 0 Å². The van der Waals surface area contributed by atoms with E-state index in [0.717, 1.165) is 16.7 Å². The van der Waals surface area contributed by atoms with E-state index in [2.05, 4.69) is 5.32 Å². The molecule has 0 aliphatic rings. The van der Waals surface area contributed by atoms with Crippen molar-refractivity contribution in [1.82, 2.24) is 5.32 Å². The fourth-order valence-corrected chi connectivity index (χ4v) is 2.55. The summed E-state index contributed by atoms with van der Waals surface area (Å²) in [7, 11) is 0. The predicted octanol–water partition coefficient (Wildman–Crippen LogP) is 3.17. The number of nitrogens with one attached hydrogen (secondary N) is 1. The van der Waals surface area contributed by atoms with Crippen molar-refractivity contribution in [2.24, 2.45) is 0 Å². The Bertz CT molecular complexity index is 671. The Hall–Kier alpha value is -2.33. The number of hydrogen-bond acceptors (Lipinski definition) is 2. The monoisotopic (exact) mass is 345 g/mol. The lowest BCUT2D eigenvalue weighted by atomic mass is 10.0. The lowest BCUT2D eigenvalue weighted by molar-refractivity contribution is -0.141. The number of carbonyl (C=O) groups excluding carboxylic acids is 1. The second-order valence-electron chi connectivity index (χ2n) is 5.60. The second-order valence-corrected chi connectivity index (χ2v) is 5.87. The minimum Gasteiger partial charge on any atom is -0.480 e. The normalized spacial score (nSPS) is 11.7. The zero-order valence-electron chi connectivity index (χ0n) is 13.2. The van der Waals surface area contributed by atoms with Gasteiger partial charge in [0.05, 0.1) is 0 Å². The molecule has 0 saturated carbocycles. The highest BCUT2D eigenvalue weighted by atomic mass is 35.5. The number of aliphatic carboxylic acids is 1. The summed E-state index contributed by atoms with van der Waals surface area (Å²) in [4.78, 5) is 23.4. The number of amides is 1. The summed E-state index contributed by atoms with van der Waals surface area (Å²) in [6, 6.07) is 16.1. The van der Waals surface area contributed by atoms with E-state index in [4.69, 9.17) is 11.6 Å². The predicted molar refractivity (Wildman–Crippen MR) is 94.0 cm³/mol. The fourth-order valence-electron chi connectivity index (χ4n) is 2.37. The average Bonchev–Trinajstić information content (AvgIpc) is 2.60. The zero-order chi connectivity index (χ0) is 17.4. The zero-order valence-corrected chi connectivity index (χ0v) is 14.0. The summed E-state index contributed by atoms with van der Waals surface area (Å²) in [5, 5.41) is 11.9. The van der Waals surface area contributed by atoms with Crippen LogP contribution in [0.15, 0.2) is 54.6 Å².